The minimum atomic E-state index is -2.15. The normalized spacial score (nSPS) is 20.1. The standard InChI is InChI=1S/C17H15FNOPS.ClH/c1-21(20)8-6-15-14(10-21)16(11-2-4-12(18)5-3-11)13-7-9-22-17(13)19-15;/h2-5,7,9H,6,8,10H2,1H3;1H. The van der Waals surface area contributed by atoms with Crippen LogP contribution in [0.1, 0.15) is 11.3 Å². The lowest BCUT2D eigenvalue weighted by molar-refractivity contribution is 0.575. The second-order valence-electron chi connectivity index (χ2n) is 5.99. The molecule has 1 aromatic carbocycles. The second kappa shape index (κ2) is 6.01. The van der Waals surface area contributed by atoms with Crippen LogP contribution in [0.5, 0.6) is 0 Å². The second-order valence-corrected chi connectivity index (χ2v) is 10.2. The van der Waals surface area contributed by atoms with Crippen LogP contribution < -0.4 is 0 Å². The monoisotopic (exact) mass is 367 g/mol. The summed E-state index contributed by atoms with van der Waals surface area (Å²) in [5, 5.41) is 3.11. The average Bonchev–Trinajstić information content (AvgIpc) is 2.93. The average molecular weight is 368 g/mol. The number of hydrogen-bond acceptors (Lipinski definition) is 3. The van der Waals surface area contributed by atoms with Gasteiger partial charge in [-0.25, -0.2) is 9.37 Å². The first-order chi connectivity index (χ1) is 10.5. The van der Waals surface area contributed by atoms with E-state index in [0.717, 1.165) is 45.2 Å². The van der Waals surface area contributed by atoms with Gasteiger partial charge < -0.3 is 4.57 Å². The van der Waals surface area contributed by atoms with Crippen molar-refractivity contribution in [3.8, 4) is 11.1 Å². The Labute approximate surface area is 144 Å². The zero-order valence-electron chi connectivity index (χ0n) is 12.6. The summed E-state index contributed by atoms with van der Waals surface area (Å²) in [6, 6.07) is 8.62. The third-order valence-electron chi connectivity index (χ3n) is 4.25. The van der Waals surface area contributed by atoms with E-state index in [1.807, 2.05) is 12.0 Å². The summed E-state index contributed by atoms with van der Waals surface area (Å²) in [5.41, 5.74) is 4.21. The molecule has 2 aromatic heterocycles. The van der Waals surface area contributed by atoms with Crippen LogP contribution in [0.4, 0.5) is 4.39 Å². The summed E-state index contributed by atoms with van der Waals surface area (Å²) in [6.45, 7) is 1.88. The SMILES string of the molecule is CP1(=O)CCc2nc3sccc3c(-c3ccc(F)cc3)c2C1.Cl. The summed E-state index contributed by atoms with van der Waals surface area (Å²) in [4.78, 5) is 5.77. The number of hydrogen-bond donors (Lipinski definition) is 0. The number of fused-ring (bicyclic) bond motifs is 2. The lowest BCUT2D eigenvalue weighted by Gasteiger charge is -2.24. The van der Waals surface area contributed by atoms with Gasteiger partial charge in [0.15, 0.2) is 0 Å². The molecule has 23 heavy (non-hydrogen) atoms. The molecule has 0 radical (unpaired) electrons. The maximum Gasteiger partial charge on any atom is 0.124 e. The number of halogens is 2. The van der Waals surface area contributed by atoms with Gasteiger partial charge in [-0.15, -0.1) is 23.7 Å². The van der Waals surface area contributed by atoms with E-state index in [4.69, 9.17) is 4.98 Å². The van der Waals surface area contributed by atoms with Crippen LogP contribution in [0.25, 0.3) is 21.3 Å². The van der Waals surface area contributed by atoms with Gasteiger partial charge in [-0.3, -0.25) is 0 Å². The Hall–Kier alpha value is -1.22. The maximum atomic E-state index is 13.3. The van der Waals surface area contributed by atoms with E-state index in [1.165, 1.54) is 12.1 Å². The molecule has 0 fully saturated rings. The van der Waals surface area contributed by atoms with Crippen molar-refractivity contribution in [2.24, 2.45) is 0 Å². The van der Waals surface area contributed by atoms with E-state index < -0.39 is 7.14 Å². The Kier molecular flexibility index (Phi) is 4.35. The Balaban J connectivity index is 0.00000156. The Morgan fingerprint density at radius 3 is 2.70 bits per heavy atom. The molecule has 6 heteroatoms. The van der Waals surface area contributed by atoms with Crippen LogP contribution in [0.2, 0.25) is 0 Å². The van der Waals surface area contributed by atoms with Crippen molar-refractivity contribution >= 4 is 41.1 Å². The van der Waals surface area contributed by atoms with Crippen LogP contribution >= 0.6 is 30.9 Å². The molecule has 0 amide bonds. The van der Waals surface area contributed by atoms with E-state index in [9.17, 15) is 8.96 Å². The number of nitrogens with zero attached hydrogens (tertiary/aromatic N) is 1. The van der Waals surface area contributed by atoms with Crippen molar-refractivity contribution in [3.63, 3.8) is 0 Å². The van der Waals surface area contributed by atoms with Crippen molar-refractivity contribution in [1.82, 2.24) is 4.98 Å². The molecule has 3 aromatic rings. The van der Waals surface area contributed by atoms with Gasteiger partial charge in [-0.05, 0) is 53.4 Å². The van der Waals surface area contributed by atoms with Crippen LogP contribution in [-0.4, -0.2) is 17.8 Å². The Bertz CT molecular complexity index is 922. The van der Waals surface area contributed by atoms with Gasteiger partial charge in [-0.2, -0.15) is 0 Å². The quantitative estimate of drug-likeness (QED) is 0.526. The van der Waals surface area contributed by atoms with Crippen LogP contribution in [0.3, 0.4) is 0 Å². The molecule has 3 heterocycles. The fourth-order valence-corrected chi connectivity index (χ4v) is 5.80. The van der Waals surface area contributed by atoms with Gasteiger partial charge >= 0.3 is 0 Å². The van der Waals surface area contributed by atoms with Gasteiger partial charge in [0, 0.05) is 23.4 Å². The molecule has 1 atom stereocenters. The zero-order chi connectivity index (χ0) is 15.3. The minimum absolute atomic E-state index is 0. The number of aromatic nitrogens is 1. The van der Waals surface area contributed by atoms with Gasteiger partial charge in [0.25, 0.3) is 0 Å². The molecule has 0 bridgehead atoms. The molecule has 0 saturated heterocycles. The highest BCUT2D eigenvalue weighted by Crippen LogP contribution is 2.52. The van der Waals surface area contributed by atoms with E-state index in [0.29, 0.717) is 6.16 Å². The lowest BCUT2D eigenvalue weighted by atomic mass is 9.96. The molecule has 1 aliphatic heterocycles. The highest BCUT2D eigenvalue weighted by molar-refractivity contribution is 7.62. The molecular weight excluding hydrogens is 352 g/mol. The van der Waals surface area contributed by atoms with Crippen molar-refractivity contribution in [1.29, 1.82) is 0 Å². The van der Waals surface area contributed by atoms with E-state index in [1.54, 1.807) is 23.5 Å². The van der Waals surface area contributed by atoms with Crippen molar-refractivity contribution < 1.29 is 8.96 Å². The highest BCUT2D eigenvalue weighted by atomic mass is 35.5. The number of benzene rings is 1. The minimum Gasteiger partial charge on any atom is -0.323 e. The molecule has 0 spiro atoms. The van der Waals surface area contributed by atoms with Gasteiger partial charge in [0.1, 0.15) is 10.6 Å². The zero-order valence-corrected chi connectivity index (χ0v) is 15.1. The van der Waals surface area contributed by atoms with Gasteiger partial charge in [0.05, 0.1) is 7.14 Å². The van der Waals surface area contributed by atoms with Crippen molar-refractivity contribution in [2.45, 2.75) is 12.6 Å². The topological polar surface area (TPSA) is 30.0 Å². The highest BCUT2D eigenvalue weighted by Gasteiger charge is 2.28. The first-order valence-corrected chi connectivity index (χ1v) is 10.6. The third-order valence-corrected chi connectivity index (χ3v) is 7.21. The van der Waals surface area contributed by atoms with Crippen LogP contribution in [0, 0.1) is 5.82 Å². The number of pyridine rings is 1. The Morgan fingerprint density at radius 2 is 1.96 bits per heavy atom. The predicted molar refractivity (Wildman–Crippen MR) is 98.1 cm³/mol. The molecule has 0 aliphatic carbocycles. The molecule has 120 valence electrons. The fraction of sp³-hybridized carbons (Fsp3) is 0.235. The molecule has 1 unspecified atom stereocenters. The molecular formula is C17H16ClFNOPS. The predicted octanol–water partition coefficient (Wildman–Crippen LogP) is 5.57. The first-order valence-electron chi connectivity index (χ1n) is 7.24. The largest absolute Gasteiger partial charge is 0.323 e. The smallest absolute Gasteiger partial charge is 0.124 e. The molecule has 0 N–H and O–H groups in total. The summed E-state index contributed by atoms with van der Waals surface area (Å²) >= 11 is 1.62. The Morgan fingerprint density at radius 1 is 1.22 bits per heavy atom. The van der Waals surface area contributed by atoms with E-state index in [2.05, 4.69) is 6.07 Å². The molecule has 1 aliphatic rings. The summed E-state index contributed by atoms with van der Waals surface area (Å²) in [5.74, 6) is -0.241. The van der Waals surface area contributed by atoms with Gasteiger partial charge in [0.2, 0.25) is 0 Å². The van der Waals surface area contributed by atoms with E-state index >= 15 is 0 Å². The first kappa shape index (κ1) is 16.6. The molecule has 2 nitrogen and oxygen atoms in total. The fourth-order valence-electron chi connectivity index (χ4n) is 3.15. The maximum absolute atomic E-state index is 13.3. The summed E-state index contributed by atoms with van der Waals surface area (Å²) < 4.78 is 25.9. The van der Waals surface area contributed by atoms with Crippen molar-refractivity contribution in [2.75, 3.05) is 12.8 Å². The summed E-state index contributed by atoms with van der Waals surface area (Å²) in [6.07, 6.45) is 2.09. The number of rotatable bonds is 1. The van der Waals surface area contributed by atoms with Crippen LogP contribution in [-0.2, 0) is 17.1 Å². The van der Waals surface area contributed by atoms with Crippen molar-refractivity contribution in [3.05, 3.63) is 52.8 Å². The molecule has 4 rings (SSSR count). The number of thiophene rings is 1. The molecule has 0 saturated carbocycles. The third kappa shape index (κ3) is 2.96. The summed E-state index contributed by atoms with van der Waals surface area (Å²) in [7, 11) is -2.15. The number of aryl methyl sites for hydroxylation is 1. The van der Waals surface area contributed by atoms with E-state index in [-0.39, 0.29) is 18.2 Å². The lowest BCUT2D eigenvalue weighted by Crippen LogP contribution is -2.11. The van der Waals surface area contributed by atoms with Gasteiger partial charge in [-0.1, -0.05) is 12.1 Å². The van der Waals surface area contributed by atoms with Crippen LogP contribution in [0.15, 0.2) is 35.7 Å².